The van der Waals surface area contributed by atoms with Crippen LogP contribution in [0.5, 0.6) is 0 Å². The fourth-order valence-electron chi connectivity index (χ4n) is 2.85. The number of halogens is 2. The summed E-state index contributed by atoms with van der Waals surface area (Å²) in [6.45, 7) is 2.52. The molecule has 2 aromatic rings. The van der Waals surface area contributed by atoms with E-state index in [1.807, 2.05) is 24.3 Å². The number of carbonyl (C=O) groups is 2. The highest BCUT2D eigenvalue weighted by Gasteiger charge is 2.21. The molecule has 0 aromatic heterocycles. The molecular formula is C19H19Cl2N3O2. The molecule has 1 aliphatic rings. The van der Waals surface area contributed by atoms with Crippen LogP contribution in [-0.2, 0) is 9.59 Å². The van der Waals surface area contributed by atoms with Crippen molar-refractivity contribution in [3.63, 3.8) is 0 Å². The van der Waals surface area contributed by atoms with Gasteiger partial charge in [0, 0.05) is 40.1 Å². The summed E-state index contributed by atoms with van der Waals surface area (Å²) in [6.07, 6.45) is 1.49. The first-order valence-electron chi connectivity index (χ1n) is 8.36. The van der Waals surface area contributed by atoms with Crippen LogP contribution in [0, 0.1) is 0 Å². The minimum Gasteiger partial charge on any atom is -0.374 e. The number of rotatable bonds is 5. The summed E-state index contributed by atoms with van der Waals surface area (Å²) in [7, 11) is 0. The van der Waals surface area contributed by atoms with Gasteiger partial charge in [-0.1, -0.05) is 23.2 Å². The maximum absolute atomic E-state index is 12.3. The molecule has 5 nitrogen and oxygen atoms in total. The van der Waals surface area contributed by atoms with Crippen molar-refractivity contribution in [1.29, 1.82) is 0 Å². The van der Waals surface area contributed by atoms with Crippen LogP contribution in [-0.4, -0.2) is 24.4 Å². The normalized spacial score (nSPS) is 15.0. The largest absolute Gasteiger partial charge is 0.374 e. The van der Waals surface area contributed by atoms with Gasteiger partial charge in [-0.3, -0.25) is 9.59 Å². The molecule has 7 heteroatoms. The highest BCUT2D eigenvalue weighted by atomic mass is 35.5. The van der Waals surface area contributed by atoms with Gasteiger partial charge in [0.2, 0.25) is 11.8 Å². The Labute approximate surface area is 162 Å². The SMILES string of the molecule is C[C@H](Nc1ccc(N2CCCC2=O)cc1)C(=O)Nc1cc(Cl)cc(Cl)c1. The molecule has 0 bridgehead atoms. The molecule has 0 aliphatic carbocycles. The van der Waals surface area contributed by atoms with Crippen molar-refractivity contribution in [2.45, 2.75) is 25.8 Å². The first kappa shape index (κ1) is 18.5. The third-order valence-corrected chi connectivity index (χ3v) is 4.60. The molecule has 0 spiro atoms. The lowest BCUT2D eigenvalue weighted by Gasteiger charge is -2.18. The van der Waals surface area contributed by atoms with Crippen molar-refractivity contribution < 1.29 is 9.59 Å². The van der Waals surface area contributed by atoms with Gasteiger partial charge in [0.15, 0.2) is 0 Å². The van der Waals surface area contributed by atoms with Crippen molar-refractivity contribution in [1.82, 2.24) is 0 Å². The van der Waals surface area contributed by atoms with Crippen LogP contribution in [0.2, 0.25) is 10.0 Å². The molecular weight excluding hydrogens is 373 g/mol. The van der Waals surface area contributed by atoms with Crippen LogP contribution in [0.3, 0.4) is 0 Å². The zero-order chi connectivity index (χ0) is 18.7. The van der Waals surface area contributed by atoms with Gasteiger partial charge in [0.25, 0.3) is 0 Å². The summed E-state index contributed by atoms with van der Waals surface area (Å²) in [5.74, 6) is -0.0548. The maximum atomic E-state index is 12.3. The second-order valence-electron chi connectivity index (χ2n) is 6.21. The highest BCUT2D eigenvalue weighted by Crippen LogP contribution is 2.24. The Bertz CT molecular complexity index is 804. The predicted molar refractivity (Wildman–Crippen MR) is 106 cm³/mol. The molecule has 0 unspecified atom stereocenters. The third-order valence-electron chi connectivity index (χ3n) is 4.16. The lowest BCUT2D eigenvalue weighted by molar-refractivity contribution is -0.117. The number of carbonyl (C=O) groups excluding carboxylic acids is 2. The van der Waals surface area contributed by atoms with Gasteiger partial charge >= 0.3 is 0 Å². The van der Waals surface area contributed by atoms with Crippen LogP contribution in [0.15, 0.2) is 42.5 Å². The van der Waals surface area contributed by atoms with Crippen molar-refractivity contribution in [3.05, 3.63) is 52.5 Å². The number of hydrogen-bond donors (Lipinski definition) is 2. The standard InChI is InChI=1S/C19H19Cl2N3O2/c1-12(19(26)23-16-10-13(20)9-14(21)11-16)22-15-4-6-17(7-5-15)24-8-2-3-18(24)25/h4-7,9-12,22H,2-3,8H2,1H3,(H,23,26)/t12-/m0/s1. The van der Waals surface area contributed by atoms with E-state index in [1.54, 1.807) is 30.0 Å². The van der Waals surface area contributed by atoms with Crippen LogP contribution >= 0.6 is 23.2 Å². The zero-order valence-electron chi connectivity index (χ0n) is 14.3. The Balaban J connectivity index is 1.60. The van der Waals surface area contributed by atoms with Gasteiger partial charge in [-0.25, -0.2) is 0 Å². The van der Waals surface area contributed by atoms with E-state index < -0.39 is 6.04 Å². The quantitative estimate of drug-likeness (QED) is 0.784. The second-order valence-corrected chi connectivity index (χ2v) is 7.08. The van der Waals surface area contributed by atoms with E-state index >= 15 is 0 Å². The Morgan fingerprint density at radius 1 is 1.08 bits per heavy atom. The summed E-state index contributed by atoms with van der Waals surface area (Å²) in [5, 5.41) is 6.84. The van der Waals surface area contributed by atoms with Gasteiger partial charge in [-0.2, -0.15) is 0 Å². The van der Waals surface area contributed by atoms with Crippen molar-refractivity contribution in [2.75, 3.05) is 22.1 Å². The first-order chi connectivity index (χ1) is 12.4. The van der Waals surface area contributed by atoms with E-state index in [0.29, 0.717) is 22.2 Å². The Hall–Kier alpha value is -2.24. The molecule has 0 saturated carbocycles. The van der Waals surface area contributed by atoms with Crippen molar-refractivity contribution in [3.8, 4) is 0 Å². The van der Waals surface area contributed by atoms with Gasteiger partial charge in [-0.15, -0.1) is 0 Å². The second kappa shape index (κ2) is 7.98. The number of anilines is 3. The molecule has 1 aliphatic heterocycles. The fraction of sp³-hybridized carbons (Fsp3) is 0.263. The average molecular weight is 392 g/mol. The predicted octanol–water partition coefficient (Wildman–Crippen LogP) is 4.56. The van der Waals surface area contributed by atoms with Crippen LogP contribution in [0.25, 0.3) is 0 Å². The van der Waals surface area contributed by atoms with E-state index in [-0.39, 0.29) is 11.8 Å². The van der Waals surface area contributed by atoms with Gasteiger partial charge in [-0.05, 0) is 55.8 Å². The molecule has 3 rings (SSSR count). The topological polar surface area (TPSA) is 61.4 Å². The van der Waals surface area contributed by atoms with Crippen LogP contribution in [0.4, 0.5) is 17.1 Å². The minimum absolute atomic E-state index is 0.152. The van der Waals surface area contributed by atoms with E-state index in [1.165, 1.54) is 0 Å². The minimum atomic E-state index is -0.466. The van der Waals surface area contributed by atoms with Crippen LogP contribution < -0.4 is 15.5 Å². The Morgan fingerprint density at radius 2 is 1.73 bits per heavy atom. The van der Waals surface area contributed by atoms with E-state index in [4.69, 9.17) is 23.2 Å². The summed E-state index contributed by atoms with van der Waals surface area (Å²) < 4.78 is 0. The first-order valence-corrected chi connectivity index (χ1v) is 9.12. The van der Waals surface area contributed by atoms with Gasteiger partial charge < -0.3 is 15.5 Å². The van der Waals surface area contributed by atoms with E-state index in [0.717, 1.165) is 24.3 Å². The lowest BCUT2D eigenvalue weighted by Crippen LogP contribution is -2.31. The average Bonchev–Trinajstić information content (AvgIpc) is 3.00. The third kappa shape index (κ3) is 4.48. The summed E-state index contributed by atoms with van der Waals surface area (Å²) in [5.41, 5.74) is 2.22. The van der Waals surface area contributed by atoms with Gasteiger partial charge in [0.05, 0.1) is 0 Å². The molecule has 2 amide bonds. The molecule has 2 aromatic carbocycles. The number of hydrogen-bond acceptors (Lipinski definition) is 3. The smallest absolute Gasteiger partial charge is 0.246 e. The number of amides is 2. The number of benzene rings is 2. The maximum Gasteiger partial charge on any atom is 0.246 e. The molecule has 1 saturated heterocycles. The molecule has 26 heavy (non-hydrogen) atoms. The monoisotopic (exact) mass is 391 g/mol. The summed E-state index contributed by atoms with van der Waals surface area (Å²) >= 11 is 11.9. The highest BCUT2D eigenvalue weighted by molar-refractivity contribution is 6.35. The molecule has 1 fully saturated rings. The molecule has 1 heterocycles. The van der Waals surface area contributed by atoms with Crippen molar-refractivity contribution >= 4 is 52.1 Å². The molecule has 0 radical (unpaired) electrons. The van der Waals surface area contributed by atoms with Crippen LogP contribution in [0.1, 0.15) is 19.8 Å². The Kier molecular flexibility index (Phi) is 5.69. The number of nitrogens with zero attached hydrogens (tertiary/aromatic N) is 1. The van der Waals surface area contributed by atoms with Gasteiger partial charge in [0.1, 0.15) is 6.04 Å². The summed E-state index contributed by atoms with van der Waals surface area (Å²) in [6, 6.07) is 11.9. The van der Waals surface area contributed by atoms with Crippen molar-refractivity contribution in [2.24, 2.45) is 0 Å². The lowest BCUT2D eigenvalue weighted by atomic mass is 10.2. The Morgan fingerprint density at radius 3 is 2.31 bits per heavy atom. The molecule has 136 valence electrons. The van der Waals surface area contributed by atoms with E-state index in [9.17, 15) is 9.59 Å². The molecule has 2 N–H and O–H groups in total. The van der Waals surface area contributed by atoms with E-state index in [2.05, 4.69) is 10.6 Å². The number of nitrogens with one attached hydrogen (secondary N) is 2. The fourth-order valence-corrected chi connectivity index (χ4v) is 3.38. The zero-order valence-corrected chi connectivity index (χ0v) is 15.8. The summed E-state index contributed by atoms with van der Waals surface area (Å²) in [4.78, 5) is 25.9. The molecule has 1 atom stereocenters.